The van der Waals surface area contributed by atoms with Crippen LogP contribution in [0.3, 0.4) is 0 Å². The maximum Gasteiger partial charge on any atom is 0.125 e. The molecule has 0 saturated heterocycles. The monoisotopic (exact) mass is 293 g/mol. The van der Waals surface area contributed by atoms with Crippen molar-refractivity contribution in [2.45, 2.75) is 27.3 Å². The van der Waals surface area contributed by atoms with Crippen molar-refractivity contribution in [3.8, 4) is 11.4 Å². The number of pyridine rings is 1. The number of nitrogens with zero attached hydrogens (tertiary/aromatic N) is 3. The van der Waals surface area contributed by atoms with Gasteiger partial charge in [-0.2, -0.15) is 5.10 Å². The molecule has 0 saturated carbocycles. The van der Waals surface area contributed by atoms with Crippen LogP contribution in [-0.2, 0) is 6.54 Å². The summed E-state index contributed by atoms with van der Waals surface area (Å²) in [7, 11) is 0. The molecule has 0 aliphatic carbocycles. The van der Waals surface area contributed by atoms with Crippen LogP contribution in [0.5, 0.6) is 0 Å². The van der Waals surface area contributed by atoms with Crippen molar-refractivity contribution in [2.75, 3.05) is 0 Å². The highest BCUT2D eigenvalue weighted by Crippen LogP contribution is 2.28. The summed E-state index contributed by atoms with van der Waals surface area (Å²) in [4.78, 5) is 4.34. The summed E-state index contributed by atoms with van der Waals surface area (Å²) in [5, 5.41) is 4.63. The van der Waals surface area contributed by atoms with Gasteiger partial charge in [-0.3, -0.25) is 9.67 Å². The van der Waals surface area contributed by atoms with Crippen molar-refractivity contribution in [2.24, 2.45) is 5.92 Å². The average Bonchev–Trinajstić information content (AvgIpc) is 2.58. The Balaban J connectivity index is 2.43. The summed E-state index contributed by atoms with van der Waals surface area (Å²) < 4.78 is 3.08. The van der Waals surface area contributed by atoms with Gasteiger partial charge in [0.25, 0.3) is 0 Å². The molecular weight excluding hydrogens is 278 g/mol. The first-order chi connectivity index (χ1) is 8.09. The Morgan fingerprint density at radius 1 is 1.35 bits per heavy atom. The zero-order valence-electron chi connectivity index (χ0n) is 10.3. The van der Waals surface area contributed by atoms with E-state index in [1.54, 1.807) is 6.20 Å². The largest absolute Gasteiger partial charge is 0.268 e. The Kier molecular flexibility index (Phi) is 3.62. The summed E-state index contributed by atoms with van der Waals surface area (Å²) in [5.41, 5.74) is 2.98. The van der Waals surface area contributed by atoms with Crippen molar-refractivity contribution in [3.63, 3.8) is 0 Å². The molecule has 0 aromatic carbocycles. The van der Waals surface area contributed by atoms with Crippen LogP contribution in [0.25, 0.3) is 11.4 Å². The van der Waals surface area contributed by atoms with Crippen LogP contribution < -0.4 is 0 Å². The molecule has 0 bridgehead atoms. The minimum absolute atomic E-state index is 0.581. The fourth-order valence-electron chi connectivity index (χ4n) is 1.71. The molecule has 0 aliphatic heterocycles. The lowest BCUT2D eigenvalue weighted by molar-refractivity contribution is 0.475. The second-order valence-corrected chi connectivity index (χ2v) is 5.33. The zero-order chi connectivity index (χ0) is 12.4. The molecule has 0 radical (unpaired) electrons. The van der Waals surface area contributed by atoms with Gasteiger partial charge in [-0.1, -0.05) is 19.9 Å². The smallest absolute Gasteiger partial charge is 0.125 e. The molecule has 0 aliphatic rings. The van der Waals surface area contributed by atoms with Crippen LogP contribution in [0.15, 0.2) is 28.9 Å². The summed E-state index contributed by atoms with van der Waals surface area (Å²) in [6.07, 6.45) is 1.79. The first-order valence-corrected chi connectivity index (χ1v) is 6.53. The number of hydrogen-bond donors (Lipinski definition) is 0. The SMILES string of the molecule is Cc1c(Br)c(-c2ccccn2)nn1CC(C)C. The van der Waals surface area contributed by atoms with E-state index in [9.17, 15) is 0 Å². The molecule has 0 atom stereocenters. The zero-order valence-corrected chi connectivity index (χ0v) is 11.9. The van der Waals surface area contributed by atoms with Crippen molar-refractivity contribution in [1.82, 2.24) is 14.8 Å². The molecule has 2 aromatic rings. The first-order valence-electron chi connectivity index (χ1n) is 5.74. The third kappa shape index (κ3) is 2.57. The fourth-order valence-corrected chi connectivity index (χ4v) is 2.20. The lowest BCUT2D eigenvalue weighted by Crippen LogP contribution is -2.07. The molecule has 17 heavy (non-hydrogen) atoms. The third-order valence-electron chi connectivity index (χ3n) is 2.58. The van der Waals surface area contributed by atoms with Gasteiger partial charge in [0.2, 0.25) is 0 Å². The Labute approximate surface area is 110 Å². The number of halogens is 1. The Morgan fingerprint density at radius 2 is 2.12 bits per heavy atom. The van der Waals surface area contributed by atoms with Crippen LogP contribution in [0.2, 0.25) is 0 Å². The van der Waals surface area contributed by atoms with E-state index in [1.807, 2.05) is 22.9 Å². The maximum absolute atomic E-state index is 4.63. The normalized spacial score (nSPS) is 11.1. The molecule has 3 nitrogen and oxygen atoms in total. The highest BCUT2D eigenvalue weighted by Gasteiger charge is 2.15. The van der Waals surface area contributed by atoms with Crippen molar-refractivity contribution < 1.29 is 0 Å². The first kappa shape index (κ1) is 12.3. The van der Waals surface area contributed by atoms with Crippen LogP contribution >= 0.6 is 15.9 Å². The standard InChI is InChI=1S/C13H16BrN3/c1-9(2)8-17-10(3)12(14)13(16-17)11-6-4-5-7-15-11/h4-7,9H,8H2,1-3H3. The Hall–Kier alpha value is -1.16. The van der Waals surface area contributed by atoms with E-state index in [-0.39, 0.29) is 0 Å². The average molecular weight is 294 g/mol. The molecule has 0 N–H and O–H groups in total. The topological polar surface area (TPSA) is 30.7 Å². The van der Waals surface area contributed by atoms with Gasteiger partial charge in [-0.25, -0.2) is 0 Å². The molecule has 0 unspecified atom stereocenters. The number of hydrogen-bond acceptors (Lipinski definition) is 2. The minimum Gasteiger partial charge on any atom is -0.268 e. The number of rotatable bonds is 3. The minimum atomic E-state index is 0.581. The second-order valence-electron chi connectivity index (χ2n) is 4.54. The summed E-state index contributed by atoms with van der Waals surface area (Å²) >= 11 is 3.60. The summed E-state index contributed by atoms with van der Waals surface area (Å²) in [6, 6.07) is 5.87. The van der Waals surface area contributed by atoms with E-state index in [2.05, 4.69) is 46.8 Å². The predicted molar refractivity (Wildman–Crippen MR) is 72.7 cm³/mol. The third-order valence-corrected chi connectivity index (χ3v) is 3.53. The van der Waals surface area contributed by atoms with Crippen molar-refractivity contribution >= 4 is 15.9 Å². The highest BCUT2D eigenvalue weighted by atomic mass is 79.9. The lowest BCUT2D eigenvalue weighted by Gasteiger charge is -2.06. The van der Waals surface area contributed by atoms with E-state index in [0.717, 1.165) is 28.1 Å². The van der Waals surface area contributed by atoms with E-state index in [1.165, 1.54) is 0 Å². The van der Waals surface area contributed by atoms with Gasteiger partial charge in [-0.15, -0.1) is 0 Å². The van der Waals surface area contributed by atoms with Crippen LogP contribution in [0.4, 0.5) is 0 Å². The predicted octanol–water partition coefficient (Wildman–Crippen LogP) is 3.67. The molecule has 0 spiro atoms. The van der Waals surface area contributed by atoms with Crippen molar-refractivity contribution in [3.05, 3.63) is 34.6 Å². The molecule has 2 heterocycles. The quantitative estimate of drug-likeness (QED) is 0.864. The van der Waals surface area contributed by atoms with Crippen LogP contribution in [0.1, 0.15) is 19.5 Å². The van der Waals surface area contributed by atoms with Gasteiger partial charge in [0.05, 0.1) is 15.9 Å². The molecule has 2 aromatic heterocycles. The van der Waals surface area contributed by atoms with Gasteiger partial charge in [0, 0.05) is 12.7 Å². The fraction of sp³-hybridized carbons (Fsp3) is 0.385. The van der Waals surface area contributed by atoms with E-state index < -0.39 is 0 Å². The molecular formula is C13H16BrN3. The maximum atomic E-state index is 4.63. The Bertz CT molecular complexity index is 503. The van der Waals surface area contributed by atoms with Gasteiger partial charge in [0.1, 0.15) is 5.69 Å². The van der Waals surface area contributed by atoms with Crippen LogP contribution in [0, 0.1) is 12.8 Å². The molecule has 4 heteroatoms. The molecule has 0 fully saturated rings. The van der Waals surface area contributed by atoms with E-state index >= 15 is 0 Å². The van der Waals surface area contributed by atoms with Gasteiger partial charge < -0.3 is 0 Å². The van der Waals surface area contributed by atoms with E-state index in [4.69, 9.17) is 0 Å². The van der Waals surface area contributed by atoms with E-state index in [0.29, 0.717) is 5.92 Å². The van der Waals surface area contributed by atoms with Crippen LogP contribution in [-0.4, -0.2) is 14.8 Å². The molecule has 2 rings (SSSR count). The Morgan fingerprint density at radius 3 is 2.71 bits per heavy atom. The van der Waals surface area contributed by atoms with Gasteiger partial charge >= 0.3 is 0 Å². The number of aromatic nitrogens is 3. The summed E-state index contributed by atoms with van der Waals surface area (Å²) in [5.74, 6) is 0.581. The highest BCUT2D eigenvalue weighted by molar-refractivity contribution is 9.10. The summed E-state index contributed by atoms with van der Waals surface area (Å²) in [6.45, 7) is 7.38. The van der Waals surface area contributed by atoms with Gasteiger partial charge in [0.15, 0.2) is 0 Å². The lowest BCUT2D eigenvalue weighted by atomic mass is 10.2. The second kappa shape index (κ2) is 5.00. The molecule has 0 amide bonds. The van der Waals surface area contributed by atoms with Crippen molar-refractivity contribution in [1.29, 1.82) is 0 Å². The van der Waals surface area contributed by atoms with Gasteiger partial charge in [-0.05, 0) is 40.9 Å². The molecule has 90 valence electrons.